The minimum Gasteiger partial charge on any atom is -0.380 e. The molecule has 4 rings (SSSR count). The summed E-state index contributed by atoms with van der Waals surface area (Å²) >= 11 is 1.66. The Morgan fingerprint density at radius 3 is 2.68 bits per heavy atom. The normalized spacial score (nSPS) is 16.9. The summed E-state index contributed by atoms with van der Waals surface area (Å²) in [5.41, 5.74) is 1.84. The van der Waals surface area contributed by atoms with Crippen LogP contribution in [0.5, 0.6) is 0 Å². The molecule has 148 valence electrons. The van der Waals surface area contributed by atoms with Gasteiger partial charge in [0.2, 0.25) is 0 Å². The van der Waals surface area contributed by atoms with Gasteiger partial charge in [0, 0.05) is 54.7 Å². The highest BCUT2D eigenvalue weighted by molar-refractivity contribution is 7.99. The average molecular weight is 399 g/mol. The van der Waals surface area contributed by atoms with Crippen LogP contribution in [0.4, 0.5) is 10.1 Å². The Hall–Kier alpha value is -1.89. The number of nitrogens with zero attached hydrogens (tertiary/aromatic N) is 3. The van der Waals surface area contributed by atoms with Crippen LogP contribution in [0.15, 0.2) is 57.2 Å². The number of aliphatic imine (C=N–C) groups is 1. The highest BCUT2D eigenvalue weighted by Crippen LogP contribution is 2.40. The first-order valence-electron chi connectivity index (χ1n) is 9.95. The van der Waals surface area contributed by atoms with Gasteiger partial charge in [0.25, 0.3) is 0 Å². The van der Waals surface area contributed by atoms with E-state index in [1.54, 1.807) is 17.8 Å². The predicted molar refractivity (Wildman–Crippen MR) is 112 cm³/mol. The van der Waals surface area contributed by atoms with Crippen molar-refractivity contribution in [2.24, 2.45) is 4.99 Å². The first-order chi connectivity index (χ1) is 13.7. The molecule has 6 heteroatoms. The van der Waals surface area contributed by atoms with Crippen molar-refractivity contribution in [3.8, 4) is 0 Å². The Bertz CT molecular complexity index is 849. The largest absolute Gasteiger partial charge is 0.380 e. The zero-order valence-electron chi connectivity index (χ0n) is 16.2. The Balaban J connectivity index is 1.54. The molecule has 2 aromatic carbocycles. The lowest BCUT2D eigenvalue weighted by Crippen LogP contribution is -2.49. The molecule has 4 nitrogen and oxygen atoms in total. The van der Waals surface area contributed by atoms with Gasteiger partial charge >= 0.3 is 0 Å². The third kappa shape index (κ3) is 4.40. The van der Waals surface area contributed by atoms with Gasteiger partial charge < -0.3 is 9.64 Å². The molecule has 2 aromatic rings. The zero-order valence-corrected chi connectivity index (χ0v) is 17.1. The maximum absolute atomic E-state index is 14.1. The fraction of sp³-hybridized carbons (Fsp3) is 0.409. The molecular formula is C22H26FN3OS. The molecule has 0 bridgehead atoms. The Morgan fingerprint density at radius 1 is 1.04 bits per heavy atom. The summed E-state index contributed by atoms with van der Waals surface area (Å²) < 4.78 is 19.7. The van der Waals surface area contributed by atoms with Gasteiger partial charge in [0.1, 0.15) is 11.7 Å². The summed E-state index contributed by atoms with van der Waals surface area (Å²) in [5.74, 6) is 0.665. The molecule has 0 atom stereocenters. The maximum atomic E-state index is 14.1. The summed E-state index contributed by atoms with van der Waals surface area (Å²) in [4.78, 5) is 11.9. The summed E-state index contributed by atoms with van der Waals surface area (Å²) in [6, 6.07) is 13.2. The van der Waals surface area contributed by atoms with Gasteiger partial charge in [-0.1, -0.05) is 30.8 Å². The van der Waals surface area contributed by atoms with E-state index in [-0.39, 0.29) is 5.82 Å². The van der Waals surface area contributed by atoms with E-state index in [0.29, 0.717) is 0 Å². The average Bonchev–Trinajstić information content (AvgIpc) is 2.88. The van der Waals surface area contributed by atoms with Crippen LogP contribution < -0.4 is 0 Å². The maximum Gasteiger partial charge on any atom is 0.137 e. The Labute approximate surface area is 170 Å². The highest BCUT2D eigenvalue weighted by atomic mass is 32.2. The zero-order chi connectivity index (χ0) is 19.3. The van der Waals surface area contributed by atoms with E-state index in [4.69, 9.17) is 9.73 Å². The van der Waals surface area contributed by atoms with E-state index < -0.39 is 0 Å². The van der Waals surface area contributed by atoms with Crippen LogP contribution in [0.2, 0.25) is 0 Å². The molecule has 0 saturated carbocycles. The summed E-state index contributed by atoms with van der Waals surface area (Å²) in [6.45, 7) is 8.41. The number of benzene rings is 2. The number of amidine groups is 1. The van der Waals surface area contributed by atoms with Crippen molar-refractivity contribution < 1.29 is 9.13 Å². The minimum absolute atomic E-state index is 0.218. The summed E-state index contributed by atoms with van der Waals surface area (Å²) in [5, 5.41) is 0. The molecule has 0 unspecified atom stereocenters. The van der Waals surface area contributed by atoms with Gasteiger partial charge in [0.05, 0.1) is 12.3 Å². The molecular weight excluding hydrogens is 372 g/mol. The van der Waals surface area contributed by atoms with Gasteiger partial charge in [0.15, 0.2) is 0 Å². The number of piperazine rings is 1. The van der Waals surface area contributed by atoms with Gasteiger partial charge in [-0.2, -0.15) is 0 Å². The molecule has 1 fully saturated rings. The molecule has 2 aliphatic rings. The second kappa shape index (κ2) is 9.07. The van der Waals surface area contributed by atoms with Crippen LogP contribution >= 0.6 is 11.8 Å². The van der Waals surface area contributed by atoms with Crippen LogP contribution in [0.25, 0.3) is 0 Å². The van der Waals surface area contributed by atoms with E-state index in [1.165, 1.54) is 6.07 Å². The molecule has 0 aliphatic carbocycles. The molecule has 0 spiro atoms. The summed E-state index contributed by atoms with van der Waals surface area (Å²) in [7, 11) is 0. The van der Waals surface area contributed by atoms with Crippen LogP contribution in [0.1, 0.15) is 18.9 Å². The van der Waals surface area contributed by atoms with Crippen molar-refractivity contribution in [1.82, 2.24) is 9.80 Å². The van der Waals surface area contributed by atoms with Crippen molar-refractivity contribution in [3.63, 3.8) is 0 Å². The lowest BCUT2D eigenvalue weighted by Gasteiger charge is -2.36. The number of hydrogen-bond acceptors (Lipinski definition) is 5. The second-order valence-corrected chi connectivity index (χ2v) is 8.17. The van der Waals surface area contributed by atoms with Crippen molar-refractivity contribution >= 4 is 23.3 Å². The van der Waals surface area contributed by atoms with Crippen LogP contribution in [0, 0.1) is 5.82 Å². The smallest absolute Gasteiger partial charge is 0.137 e. The van der Waals surface area contributed by atoms with E-state index in [0.717, 1.165) is 79.2 Å². The third-order valence-corrected chi connectivity index (χ3v) is 6.21. The van der Waals surface area contributed by atoms with Crippen molar-refractivity contribution in [2.75, 3.05) is 45.9 Å². The van der Waals surface area contributed by atoms with Gasteiger partial charge in [-0.25, -0.2) is 9.38 Å². The van der Waals surface area contributed by atoms with Crippen molar-refractivity contribution in [2.45, 2.75) is 23.1 Å². The summed E-state index contributed by atoms with van der Waals surface area (Å²) in [6.07, 6.45) is 1.06. The molecule has 0 N–H and O–H groups in total. The number of halogens is 1. The van der Waals surface area contributed by atoms with Crippen LogP contribution in [-0.4, -0.2) is 61.6 Å². The second-order valence-electron chi connectivity index (χ2n) is 7.09. The molecule has 28 heavy (non-hydrogen) atoms. The van der Waals surface area contributed by atoms with Crippen molar-refractivity contribution in [1.29, 1.82) is 0 Å². The molecule has 0 radical (unpaired) electrons. The first-order valence-corrected chi connectivity index (χ1v) is 10.8. The molecule has 2 heterocycles. The monoisotopic (exact) mass is 398 g/mol. The standard InChI is InChI=1S/C22H26FN3OS/c1-2-14-27-15-13-25-9-11-26(12-10-25)22-18-16-17(23)7-8-20(18)28-21-6-4-3-5-19(21)24-22/h3-8,16H,2,9-15H2,1H3/i23-1. The van der Waals surface area contributed by atoms with E-state index in [1.807, 2.05) is 24.3 Å². The fourth-order valence-corrected chi connectivity index (χ4v) is 4.56. The number of fused-ring (bicyclic) bond motifs is 2. The quantitative estimate of drug-likeness (QED) is 0.698. The lowest BCUT2D eigenvalue weighted by molar-refractivity contribution is 0.0892. The molecule has 1 saturated heterocycles. The topological polar surface area (TPSA) is 28.1 Å². The molecule has 2 aliphatic heterocycles. The van der Waals surface area contributed by atoms with Crippen LogP contribution in [-0.2, 0) is 4.74 Å². The number of rotatable bonds is 5. The number of para-hydroxylation sites is 1. The number of hydrogen-bond donors (Lipinski definition) is 0. The highest BCUT2D eigenvalue weighted by Gasteiger charge is 2.25. The van der Waals surface area contributed by atoms with Gasteiger partial charge in [-0.05, 0) is 36.8 Å². The van der Waals surface area contributed by atoms with Crippen LogP contribution in [0.3, 0.4) is 0 Å². The van der Waals surface area contributed by atoms with E-state index in [9.17, 15) is 4.39 Å². The van der Waals surface area contributed by atoms with Crippen molar-refractivity contribution in [3.05, 3.63) is 53.8 Å². The predicted octanol–water partition coefficient (Wildman–Crippen LogP) is 4.41. The Kier molecular flexibility index (Phi) is 6.29. The van der Waals surface area contributed by atoms with E-state index in [2.05, 4.69) is 22.8 Å². The molecule has 0 aromatic heterocycles. The molecule has 0 amide bonds. The minimum atomic E-state index is -0.218. The Morgan fingerprint density at radius 2 is 1.86 bits per heavy atom. The van der Waals surface area contributed by atoms with E-state index >= 15 is 0 Å². The van der Waals surface area contributed by atoms with Gasteiger partial charge in [-0.15, -0.1) is 0 Å². The third-order valence-electron chi connectivity index (χ3n) is 5.07. The fourth-order valence-electron chi connectivity index (χ4n) is 3.56. The van der Waals surface area contributed by atoms with Gasteiger partial charge in [-0.3, -0.25) is 4.90 Å². The first kappa shape index (κ1) is 19.4. The number of ether oxygens (including phenoxy) is 1. The SMILES string of the molecule is CCCOCCN1CCN(C2=Nc3ccccc3Sc3ccc([18F])cc32)CC1. The lowest BCUT2D eigenvalue weighted by atomic mass is 10.1.